The molecule has 2 aliphatic rings. The van der Waals surface area contributed by atoms with Crippen LogP contribution in [0, 0.1) is 11.8 Å². The molecule has 0 aliphatic carbocycles. The van der Waals surface area contributed by atoms with Gasteiger partial charge in [-0.05, 0) is 31.9 Å². The molecule has 0 aromatic rings. The number of nitrogens with two attached hydrogens (primary N) is 2. The van der Waals surface area contributed by atoms with Crippen molar-refractivity contribution in [1.29, 1.82) is 0 Å². The van der Waals surface area contributed by atoms with Gasteiger partial charge in [-0.3, -0.25) is 28.8 Å². The molecule has 20 heteroatoms. The van der Waals surface area contributed by atoms with Crippen molar-refractivity contribution in [3.8, 4) is 0 Å². The molecule has 304 valence electrons. The molecule has 0 aromatic carbocycles. The molecule has 0 saturated carbocycles. The van der Waals surface area contributed by atoms with Crippen LogP contribution in [-0.2, 0) is 38.2 Å². The van der Waals surface area contributed by atoms with Gasteiger partial charge in [0.2, 0.25) is 35.4 Å². The summed E-state index contributed by atoms with van der Waals surface area (Å²) in [5.74, 6) is -4.85. The number of thioether (sulfide) groups is 2. The quantitative estimate of drug-likeness (QED) is 0.172. The fraction of sp³-hybridized carbons (Fsp3) is 0.818. The third-order valence-electron chi connectivity index (χ3n) is 9.59. The Morgan fingerprint density at radius 1 is 0.698 bits per heavy atom. The third kappa shape index (κ3) is 11.4. The lowest BCUT2D eigenvalue weighted by molar-refractivity contribution is -0.171. The first-order chi connectivity index (χ1) is 24.6. The molecule has 2 saturated heterocycles. The Kier molecular flexibility index (Phi) is 17.8. The van der Waals surface area contributed by atoms with E-state index in [0.717, 1.165) is 11.8 Å². The Morgan fingerprint density at radius 3 is 1.49 bits per heavy atom. The number of amides is 6. The Morgan fingerprint density at radius 2 is 1.09 bits per heavy atom. The minimum absolute atomic E-state index is 0.0924. The molecule has 2 fully saturated rings. The normalized spacial score (nSPS) is 34.8. The molecular formula is C33H60N8O10S2. The topological polar surface area (TPSA) is 250 Å². The lowest BCUT2D eigenvalue weighted by Gasteiger charge is -2.41. The summed E-state index contributed by atoms with van der Waals surface area (Å²) in [4.78, 5) is 88.0. The van der Waals surface area contributed by atoms with E-state index in [9.17, 15) is 39.0 Å². The number of hydrogen-bond donors (Lipinski definition) is 6. The summed E-state index contributed by atoms with van der Waals surface area (Å²) in [6.45, 7) is 8.98. The van der Waals surface area contributed by atoms with Gasteiger partial charge in [-0.1, -0.05) is 27.7 Å². The van der Waals surface area contributed by atoms with Crippen LogP contribution in [0.25, 0.3) is 0 Å². The molecule has 0 unspecified atom stereocenters. The van der Waals surface area contributed by atoms with Crippen LogP contribution in [0.2, 0.25) is 0 Å². The Bertz CT molecular complexity index is 1310. The third-order valence-corrected chi connectivity index (χ3v) is 12.4. The number of nitrogens with zero attached hydrogens (tertiary/aromatic N) is 4. The number of hydrogen-bond acceptors (Lipinski definition) is 14. The van der Waals surface area contributed by atoms with Crippen LogP contribution >= 0.6 is 23.5 Å². The average Bonchev–Trinajstić information content (AvgIpc) is 3.09. The molecule has 53 heavy (non-hydrogen) atoms. The van der Waals surface area contributed by atoms with Gasteiger partial charge in [-0.25, -0.2) is 0 Å². The molecule has 2 aliphatic heterocycles. The van der Waals surface area contributed by atoms with E-state index in [0.29, 0.717) is 0 Å². The molecule has 2 bridgehead atoms. The van der Waals surface area contributed by atoms with Crippen LogP contribution in [0.3, 0.4) is 0 Å². The number of nitrogens with one attached hydrogen (secondary N) is 2. The molecular weight excluding hydrogens is 733 g/mol. The van der Waals surface area contributed by atoms with E-state index in [1.165, 1.54) is 73.4 Å². The monoisotopic (exact) mass is 792 g/mol. The first kappa shape index (κ1) is 46.4. The minimum Gasteiger partial charge on any atom is -0.366 e. The highest BCUT2D eigenvalue weighted by atomic mass is 32.2. The zero-order valence-electron chi connectivity index (χ0n) is 32.5. The van der Waals surface area contributed by atoms with Crippen LogP contribution in [-0.4, -0.2) is 184 Å². The summed E-state index contributed by atoms with van der Waals surface area (Å²) in [6.07, 6.45) is -1.48. The fourth-order valence-electron chi connectivity index (χ4n) is 6.38. The van der Waals surface area contributed by atoms with Crippen molar-refractivity contribution in [2.24, 2.45) is 23.3 Å². The zero-order chi connectivity index (χ0) is 40.6. The summed E-state index contributed by atoms with van der Waals surface area (Å²) in [7, 11) is 5.73. The van der Waals surface area contributed by atoms with Crippen LogP contribution in [0.1, 0.15) is 41.5 Å². The Balaban J connectivity index is 2.89. The molecule has 2 heterocycles. The van der Waals surface area contributed by atoms with Crippen molar-refractivity contribution >= 4 is 59.0 Å². The highest BCUT2D eigenvalue weighted by Gasteiger charge is 2.44. The zero-order valence-corrected chi connectivity index (χ0v) is 34.2. The number of likely N-dealkylation sites (N-methyl/N-ethyl adjacent to an activating group) is 4. The molecule has 0 radical (unpaired) electrons. The van der Waals surface area contributed by atoms with Crippen molar-refractivity contribution in [1.82, 2.24) is 30.2 Å². The lowest BCUT2D eigenvalue weighted by Crippen LogP contribution is -2.61. The number of rotatable bonds is 3. The van der Waals surface area contributed by atoms with E-state index in [-0.39, 0.29) is 11.7 Å². The SMILES string of the molecule is CS[C@@H]1SC[C@H]2C(=O)N(C)[C@@H](C(C)C)[C@H](O)OC[C@@H](N)C(=O)N[C@@H](C)C(=O)N(C)[C@@H]1C(=O)N(C)[C@@H](C(C)C)[C@H](O)OC[C@@H](N)C(=O)N[C@@H](C)C(=O)N2C. The van der Waals surface area contributed by atoms with Crippen molar-refractivity contribution in [3.63, 3.8) is 0 Å². The molecule has 0 spiro atoms. The van der Waals surface area contributed by atoms with Crippen LogP contribution in [0.15, 0.2) is 0 Å². The minimum atomic E-state index is -1.61. The Hall–Kier alpha value is -2.72. The summed E-state index contributed by atoms with van der Waals surface area (Å²) in [5, 5.41) is 27.5. The largest absolute Gasteiger partial charge is 0.366 e. The predicted molar refractivity (Wildman–Crippen MR) is 201 cm³/mol. The second kappa shape index (κ2) is 20.3. The highest BCUT2D eigenvalue weighted by Crippen LogP contribution is 2.32. The lowest BCUT2D eigenvalue weighted by atomic mass is 10.0. The van der Waals surface area contributed by atoms with Crippen molar-refractivity contribution in [2.45, 2.75) is 107 Å². The number of ether oxygens (including phenoxy) is 2. The molecule has 0 aromatic heterocycles. The van der Waals surface area contributed by atoms with Crippen molar-refractivity contribution < 1.29 is 48.5 Å². The maximum atomic E-state index is 14.6. The number of fused-ring (bicyclic) bond motifs is 4. The van der Waals surface area contributed by atoms with E-state index in [1.807, 2.05) is 0 Å². The first-order valence-electron chi connectivity index (χ1n) is 17.5. The van der Waals surface area contributed by atoms with E-state index in [2.05, 4.69) is 10.6 Å². The summed E-state index contributed by atoms with van der Waals surface area (Å²) < 4.78 is 10.4. The molecule has 6 amide bonds. The van der Waals surface area contributed by atoms with Gasteiger partial charge in [0.25, 0.3) is 0 Å². The van der Waals surface area contributed by atoms with E-state index >= 15 is 0 Å². The highest BCUT2D eigenvalue weighted by molar-refractivity contribution is 8.16. The standard InChI is InChI=1S/C33H60N8O10S2/c1-15(2)22-31(48)50-12-20(35)26(43)37-18(6)28(45)41(10)24-30(47)40(9)23(16(3)4)32(49)51-13-19(34)25(42)36-17(5)27(44)38(7)21(29(46)39(22)8)14-53-33(24)52-11/h15-24,31-33,48-49H,12-14,34-35H2,1-11H3,(H,36,42)(H,37,43)/t17-,18-,19+,20+,21-,22-,23-,24+,31+,32+,33+/m0/s1. The van der Waals surface area contributed by atoms with Crippen LogP contribution in [0.4, 0.5) is 0 Å². The van der Waals surface area contributed by atoms with Gasteiger partial charge in [-0.15, -0.1) is 23.5 Å². The molecule has 8 N–H and O–H groups in total. The van der Waals surface area contributed by atoms with Crippen LogP contribution in [0.5, 0.6) is 0 Å². The van der Waals surface area contributed by atoms with E-state index in [1.54, 1.807) is 34.0 Å². The van der Waals surface area contributed by atoms with Gasteiger partial charge in [0, 0.05) is 33.9 Å². The summed E-state index contributed by atoms with van der Waals surface area (Å²) >= 11 is 2.37. The maximum absolute atomic E-state index is 14.6. The number of aliphatic hydroxyl groups is 2. The first-order valence-corrected chi connectivity index (χ1v) is 19.8. The van der Waals surface area contributed by atoms with Gasteiger partial charge in [0.05, 0.1) is 29.9 Å². The number of carbonyl (C=O) groups excluding carboxylic acids is 6. The second-order valence-electron chi connectivity index (χ2n) is 14.3. The average molecular weight is 793 g/mol. The molecule has 11 atom stereocenters. The maximum Gasteiger partial charge on any atom is 0.247 e. The van der Waals surface area contributed by atoms with E-state index in [4.69, 9.17) is 20.9 Å². The van der Waals surface area contributed by atoms with E-state index < -0.39 is 120 Å². The molecule has 2 rings (SSSR count). The fourth-order valence-corrected chi connectivity index (χ4v) is 8.94. The number of aliphatic hydroxyl groups excluding tert-OH is 2. The predicted octanol–water partition coefficient (Wildman–Crippen LogP) is -2.61. The summed E-state index contributed by atoms with van der Waals surface area (Å²) in [5.41, 5.74) is 12.2. The van der Waals surface area contributed by atoms with Gasteiger partial charge >= 0.3 is 0 Å². The van der Waals surface area contributed by atoms with Gasteiger partial charge < -0.3 is 61.4 Å². The van der Waals surface area contributed by atoms with Gasteiger partial charge in [0.1, 0.15) is 36.3 Å². The van der Waals surface area contributed by atoms with Crippen molar-refractivity contribution in [3.05, 3.63) is 0 Å². The number of carbonyl (C=O) groups is 6. The second-order valence-corrected chi connectivity index (χ2v) is 16.7. The molecule has 18 nitrogen and oxygen atoms in total. The van der Waals surface area contributed by atoms with Crippen LogP contribution < -0.4 is 22.1 Å². The Labute approximate surface area is 320 Å². The van der Waals surface area contributed by atoms with Gasteiger partial charge in [0.15, 0.2) is 12.6 Å². The van der Waals surface area contributed by atoms with Crippen molar-refractivity contribution in [2.75, 3.05) is 53.4 Å². The smallest absolute Gasteiger partial charge is 0.247 e. The van der Waals surface area contributed by atoms with Gasteiger partial charge in [-0.2, -0.15) is 0 Å². The summed E-state index contributed by atoms with van der Waals surface area (Å²) in [6, 6.07) is -9.35.